The third kappa shape index (κ3) is 4.09. The summed E-state index contributed by atoms with van der Waals surface area (Å²) >= 11 is 0. The van der Waals surface area contributed by atoms with Crippen LogP contribution in [-0.4, -0.2) is 35.8 Å². The summed E-state index contributed by atoms with van der Waals surface area (Å²) < 4.78 is 12.2. The third-order valence-corrected chi connectivity index (χ3v) is 5.53. The molecule has 1 aliphatic heterocycles. The van der Waals surface area contributed by atoms with E-state index in [9.17, 15) is 9.59 Å². The number of nitrogens with one attached hydrogen (secondary N) is 2. The predicted molar refractivity (Wildman–Crippen MR) is 122 cm³/mol. The largest absolute Gasteiger partial charge is 0.497 e. The Hall–Kier alpha value is -3.65. The monoisotopic (exact) mass is 434 g/mol. The van der Waals surface area contributed by atoms with E-state index in [-0.39, 0.29) is 24.8 Å². The molecule has 2 N–H and O–H groups in total. The second-order valence-corrected chi connectivity index (χ2v) is 7.54. The number of ether oxygens (including phenoxy) is 2. The van der Waals surface area contributed by atoms with Gasteiger partial charge in [-0.05, 0) is 35.7 Å². The molecule has 0 saturated heterocycles. The fourth-order valence-corrected chi connectivity index (χ4v) is 3.94. The van der Waals surface area contributed by atoms with Crippen molar-refractivity contribution in [2.75, 3.05) is 24.9 Å². The van der Waals surface area contributed by atoms with E-state index >= 15 is 0 Å². The zero-order valence-electron chi connectivity index (χ0n) is 18.3. The van der Waals surface area contributed by atoms with Crippen LogP contribution < -0.4 is 15.4 Å². The van der Waals surface area contributed by atoms with Gasteiger partial charge in [-0.25, -0.2) is 4.68 Å². The standard InChI is InChI=1S/C24H26N4O4/c1-4-15-7-5-6-8-18(15)25-21(29)13-20-24(30)26-23-22(19(14-31-2)27-28(20)23)16-9-11-17(32-3)12-10-16/h5-12,20H,4,13-14H2,1-3H3,(H,25,29)(H,26,30). The van der Waals surface area contributed by atoms with E-state index in [4.69, 9.17) is 9.47 Å². The smallest absolute Gasteiger partial charge is 0.251 e. The highest BCUT2D eigenvalue weighted by Crippen LogP contribution is 2.39. The zero-order chi connectivity index (χ0) is 22.7. The molecule has 0 spiro atoms. The molecule has 1 aliphatic rings. The average molecular weight is 434 g/mol. The molecule has 0 saturated carbocycles. The number of aryl methyl sites for hydroxylation is 1. The second kappa shape index (κ2) is 9.23. The number of anilines is 2. The minimum atomic E-state index is -0.735. The SMILES string of the molecule is CCc1ccccc1NC(=O)CC1C(=O)Nc2c(-c3ccc(OC)cc3)c(COC)nn21. The Morgan fingerprint density at radius 1 is 1.16 bits per heavy atom. The van der Waals surface area contributed by atoms with Crippen molar-refractivity contribution < 1.29 is 19.1 Å². The molecule has 0 aliphatic carbocycles. The maximum atomic E-state index is 12.8. The Morgan fingerprint density at radius 2 is 1.91 bits per heavy atom. The summed E-state index contributed by atoms with van der Waals surface area (Å²) in [6, 6.07) is 14.4. The van der Waals surface area contributed by atoms with Crippen molar-refractivity contribution in [3.63, 3.8) is 0 Å². The molecule has 0 fully saturated rings. The van der Waals surface area contributed by atoms with E-state index in [2.05, 4.69) is 15.7 Å². The minimum absolute atomic E-state index is 0.0208. The number of hydrogen-bond donors (Lipinski definition) is 2. The number of rotatable bonds is 8. The number of para-hydroxylation sites is 1. The van der Waals surface area contributed by atoms with Crippen LogP contribution in [0.5, 0.6) is 5.75 Å². The second-order valence-electron chi connectivity index (χ2n) is 7.54. The molecule has 166 valence electrons. The molecule has 1 aromatic heterocycles. The molecular weight excluding hydrogens is 408 g/mol. The van der Waals surface area contributed by atoms with Crippen LogP contribution in [0.1, 0.15) is 30.6 Å². The molecular formula is C24H26N4O4. The highest BCUT2D eigenvalue weighted by Gasteiger charge is 2.37. The van der Waals surface area contributed by atoms with Crippen LogP contribution in [0.15, 0.2) is 48.5 Å². The van der Waals surface area contributed by atoms with Gasteiger partial charge in [0.2, 0.25) is 5.91 Å². The quantitative estimate of drug-likeness (QED) is 0.563. The summed E-state index contributed by atoms with van der Waals surface area (Å²) in [5, 5.41) is 10.5. The molecule has 2 amide bonds. The van der Waals surface area contributed by atoms with Gasteiger partial charge in [-0.15, -0.1) is 0 Å². The van der Waals surface area contributed by atoms with Gasteiger partial charge in [0.15, 0.2) is 0 Å². The molecule has 1 unspecified atom stereocenters. The molecule has 32 heavy (non-hydrogen) atoms. The summed E-state index contributed by atoms with van der Waals surface area (Å²) in [5.74, 6) is 0.801. The molecule has 2 aromatic carbocycles. The molecule has 4 rings (SSSR count). The predicted octanol–water partition coefficient (Wildman–Crippen LogP) is 3.79. The summed E-state index contributed by atoms with van der Waals surface area (Å²) in [6.45, 7) is 2.31. The van der Waals surface area contributed by atoms with Gasteiger partial charge in [0.05, 0.1) is 25.8 Å². The molecule has 2 heterocycles. The van der Waals surface area contributed by atoms with Crippen molar-refractivity contribution in [2.45, 2.75) is 32.4 Å². The first-order valence-electron chi connectivity index (χ1n) is 10.5. The minimum Gasteiger partial charge on any atom is -0.497 e. The molecule has 3 aromatic rings. The molecule has 8 nitrogen and oxygen atoms in total. The number of carbonyl (C=O) groups is 2. The van der Waals surface area contributed by atoms with E-state index in [0.29, 0.717) is 11.5 Å². The van der Waals surface area contributed by atoms with Crippen molar-refractivity contribution in [3.05, 3.63) is 59.8 Å². The number of benzene rings is 2. The summed E-state index contributed by atoms with van der Waals surface area (Å²) in [4.78, 5) is 25.5. The highest BCUT2D eigenvalue weighted by atomic mass is 16.5. The number of aromatic nitrogens is 2. The van der Waals surface area contributed by atoms with Crippen molar-refractivity contribution in [1.82, 2.24) is 9.78 Å². The first-order chi connectivity index (χ1) is 15.5. The third-order valence-electron chi connectivity index (χ3n) is 5.53. The van der Waals surface area contributed by atoms with Gasteiger partial charge in [0.25, 0.3) is 5.91 Å². The number of hydrogen-bond acceptors (Lipinski definition) is 5. The van der Waals surface area contributed by atoms with Crippen molar-refractivity contribution in [3.8, 4) is 16.9 Å². The van der Waals surface area contributed by atoms with Crippen LogP contribution in [0.3, 0.4) is 0 Å². The van der Waals surface area contributed by atoms with Crippen molar-refractivity contribution >= 4 is 23.3 Å². The number of amides is 2. The molecule has 1 atom stereocenters. The van der Waals surface area contributed by atoms with Gasteiger partial charge in [0.1, 0.15) is 17.6 Å². The number of methoxy groups -OCH3 is 2. The Balaban J connectivity index is 1.62. The molecule has 0 radical (unpaired) electrons. The topological polar surface area (TPSA) is 94.5 Å². The maximum Gasteiger partial charge on any atom is 0.251 e. The van der Waals surface area contributed by atoms with Gasteiger partial charge in [0, 0.05) is 18.4 Å². The van der Waals surface area contributed by atoms with Gasteiger partial charge in [-0.3, -0.25) is 9.59 Å². The normalized spacial score (nSPS) is 14.7. The van der Waals surface area contributed by atoms with E-state index in [1.165, 1.54) is 0 Å². The lowest BCUT2D eigenvalue weighted by atomic mass is 10.1. The van der Waals surface area contributed by atoms with Gasteiger partial charge >= 0.3 is 0 Å². The number of carbonyl (C=O) groups excluding carboxylic acids is 2. The molecule has 8 heteroatoms. The van der Waals surface area contributed by atoms with Crippen LogP contribution in [0.2, 0.25) is 0 Å². The van der Waals surface area contributed by atoms with Crippen LogP contribution in [-0.2, 0) is 27.4 Å². The summed E-state index contributed by atoms with van der Waals surface area (Å²) in [6.07, 6.45) is 0.780. The van der Waals surface area contributed by atoms with Gasteiger partial charge < -0.3 is 20.1 Å². The van der Waals surface area contributed by atoms with E-state index in [1.807, 2.05) is 55.5 Å². The maximum absolute atomic E-state index is 12.8. The average Bonchev–Trinajstić information content (AvgIpc) is 3.29. The van der Waals surface area contributed by atoms with E-state index < -0.39 is 6.04 Å². The van der Waals surface area contributed by atoms with Crippen LogP contribution in [0, 0.1) is 0 Å². The zero-order valence-corrected chi connectivity index (χ0v) is 18.3. The summed E-state index contributed by atoms with van der Waals surface area (Å²) in [7, 11) is 3.20. The van der Waals surface area contributed by atoms with Gasteiger partial charge in [-0.1, -0.05) is 37.3 Å². The molecule has 0 bridgehead atoms. The van der Waals surface area contributed by atoms with Crippen molar-refractivity contribution in [2.24, 2.45) is 0 Å². The van der Waals surface area contributed by atoms with E-state index in [0.717, 1.165) is 34.5 Å². The van der Waals surface area contributed by atoms with Crippen LogP contribution >= 0.6 is 0 Å². The first-order valence-corrected chi connectivity index (χ1v) is 10.5. The number of fused-ring (bicyclic) bond motifs is 1. The Bertz CT molecular complexity index is 1140. The summed E-state index contributed by atoms with van der Waals surface area (Å²) in [5.41, 5.74) is 4.15. The first kappa shape index (κ1) is 21.6. The Kier molecular flexibility index (Phi) is 6.23. The highest BCUT2D eigenvalue weighted by molar-refractivity contribution is 6.04. The van der Waals surface area contributed by atoms with Gasteiger partial charge in [-0.2, -0.15) is 5.10 Å². The fourth-order valence-electron chi connectivity index (χ4n) is 3.94. The number of nitrogens with zero attached hydrogens (tertiary/aromatic N) is 2. The Labute approximate surface area is 186 Å². The lowest BCUT2D eigenvalue weighted by molar-refractivity contribution is -0.123. The lowest BCUT2D eigenvalue weighted by Crippen LogP contribution is -2.24. The Morgan fingerprint density at radius 3 is 2.59 bits per heavy atom. The van der Waals surface area contributed by atoms with Crippen LogP contribution in [0.4, 0.5) is 11.5 Å². The van der Waals surface area contributed by atoms with E-state index in [1.54, 1.807) is 18.9 Å². The lowest BCUT2D eigenvalue weighted by Gasteiger charge is -2.12. The van der Waals surface area contributed by atoms with Crippen molar-refractivity contribution in [1.29, 1.82) is 0 Å². The van der Waals surface area contributed by atoms with Crippen LogP contribution in [0.25, 0.3) is 11.1 Å². The fraction of sp³-hybridized carbons (Fsp3) is 0.292.